The Morgan fingerprint density at radius 3 is 2.86 bits per heavy atom. The molecule has 2 aromatic heterocycles. The van der Waals surface area contributed by atoms with Crippen molar-refractivity contribution >= 4 is 16.8 Å². The molecule has 4 rings (SSSR count). The van der Waals surface area contributed by atoms with E-state index in [-0.39, 0.29) is 5.91 Å². The van der Waals surface area contributed by atoms with Gasteiger partial charge in [-0.2, -0.15) is 10.2 Å². The van der Waals surface area contributed by atoms with Gasteiger partial charge in [0.15, 0.2) is 0 Å². The molecule has 1 fully saturated rings. The first-order valence-electron chi connectivity index (χ1n) is 7.43. The fourth-order valence-corrected chi connectivity index (χ4v) is 2.98. The molecule has 1 saturated carbocycles. The highest BCUT2D eigenvalue weighted by Gasteiger charge is 2.30. The third kappa shape index (κ3) is 1.91. The molecule has 1 aromatic carbocycles. The van der Waals surface area contributed by atoms with Gasteiger partial charge in [0.1, 0.15) is 0 Å². The largest absolute Gasteiger partial charge is 0.355 e. The molecule has 0 atom stereocenters. The summed E-state index contributed by atoms with van der Waals surface area (Å²) in [5.41, 5.74) is 5.75. The van der Waals surface area contributed by atoms with Crippen LogP contribution in [-0.4, -0.2) is 33.3 Å². The molecule has 0 bridgehead atoms. The molecular weight excluding hydrogens is 278 g/mol. The summed E-state index contributed by atoms with van der Waals surface area (Å²) in [6.45, 7) is 2.02. The van der Waals surface area contributed by atoms with E-state index in [2.05, 4.69) is 25.7 Å². The van der Waals surface area contributed by atoms with Crippen LogP contribution in [0, 0.1) is 6.92 Å². The van der Waals surface area contributed by atoms with Crippen LogP contribution >= 0.6 is 0 Å². The molecule has 6 heteroatoms. The summed E-state index contributed by atoms with van der Waals surface area (Å²) in [6.07, 6.45) is 4.06. The van der Waals surface area contributed by atoms with Crippen molar-refractivity contribution in [3.8, 4) is 11.1 Å². The number of aromatic nitrogens is 4. The number of nitrogens with zero attached hydrogens (tertiary/aromatic N) is 2. The van der Waals surface area contributed by atoms with Gasteiger partial charge in [0.05, 0.1) is 23.0 Å². The van der Waals surface area contributed by atoms with Gasteiger partial charge < -0.3 is 5.32 Å². The molecule has 22 heavy (non-hydrogen) atoms. The maximum atomic E-state index is 12.2. The molecule has 0 spiro atoms. The maximum absolute atomic E-state index is 12.2. The zero-order valence-electron chi connectivity index (χ0n) is 12.5. The number of nitrogens with one attached hydrogen (secondary N) is 3. The Labute approximate surface area is 127 Å². The Morgan fingerprint density at radius 2 is 2.14 bits per heavy atom. The van der Waals surface area contributed by atoms with E-state index in [0.29, 0.717) is 11.5 Å². The van der Waals surface area contributed by atoms with Crippen LogP contribution in [-0.2, 0) is 0 Å². The molecule has 3 N–H and O–H groups in total. The van der Waals surface area contributed by atoms with Gasteiger partial charge in [-0.3, -0.25) is 15.0 Å². The van der Waals surface area contributed by atoms with E-state index in [1.165, 1.54) is 12.8 Å². The first-order valence-corrected chi connectivity index (χ1v) is 7.43. The molecule has 0 saturated heterocycles. The first-order chi connectivity index (χ1) is 10.7. The Hall–Kier alpha value is -2.63. The standard InChI is InChI=1S/C16H17N5O/c1-8-14(15(21-19-8)9-3-4-9)10-5-11(16(22)17-2)12-7-18-20-13(12)6-10/h5-7,9H,3-4H2,1-2H3,(H,17,22)(H,18,20)(H,19,21). The summed E-state index contributed by atoms with van der Waals surface area (Å²) in [7, 11) is 1.64. The average Bonchev–Trinajstić information content (AvgIpc) is 3.13. The van der Waals surface area contributed by atoms with Gasteiger partial charge in [0, 0.05) is 29.6 Å². The second-order valence-corrected chi connectivity index (χ2v) is 5.82. The van der Waals surface area contributed by atoms with Crippen LogP contribution in [0.1, 0.15) is 40.5 Å². The lowest BCUT2D eigenvalue weighted by Crippen LogP contribution is -2.18. The number of aryl methyl sites for hydroxylation is 1. The van der Waals surface area contributed by atoms with E-state index >= 15 is 0 Å². The van der Waals surface area contributed by atoms with Crippen LogP contribution in [0.3, 0.4) is 0 Å². The molecule has 2 heterocycles. The van der Waals surface area contributed by atoms with E-state index in [0.717, 1.165) is 33.4 Å². The SMILES string of the molecule is CNC(=O)c1cc(-c2c(C3CC3)n[nH]c2C)cc2[nH]ncc12. The summed E-state index contributed by atoms with van der Waals surface area (Å²) in [5, 5.41) is 18.1. The summed E-state index contributed by atoms with van der Waals surface area (Å²) < 4.78 is 0. The van der Waals surface area contributed by atoms with Crippen molar-refractivity contribution in [3.05, 3.63) is 35.3 Å². The Balaban J connectivity index is 1.96. The van der Waals surface area contributed by atoms with Crippen molar-refractivity contribution in [1.82, 2.24) is 25.7 Å². The molecule has 0 aliphatic heterocycles. The van der Waals surface area contributed by atoms with Gasteiger partial charge >= 0.3 is 0 Å². The highest BCUT2D eigenvalue weighted by atomic mass is 16.1. The predicted molar refractivity (Wildman–Crippen MR) is 83.8 cm³/mol. The zero-order valence-corrected chi connectivity index (χ0v) is 12.5. The molecule has 112 valence electrons. The average molecular weight is 295 g/mol. The van der Waals surface area contributed by atoms with Crippen molar-refractivity contribution in [2.75, 3.05) is 7.05 Å². The molecule has 0 radical (unpaired) electrons. The molecule has 1 aliphatic carbocycles. The quantitative estimate of drug-likeness (QED) is 0.694. The van der Waals surface area contributed by atoms with Gasteiger partial charge in [-0.1, -0.05) is 0 Å². The minimum atomic E-state index is -0.109. The lowest BCUT2D eigenvalue weighted by Gasteiger charge is -2.08. The van der Waals surface area contributed by atoms with Crippen LogP contribution in [0.4, 0.5) is 0 Å². The zero-order chi connectivity index (χ0) is 15.3. The number of amides is 1. The minimum Gasteiger partial charge on any atom is -0.355 e. The third-order valence-corrected chi connectivity index (χ3v) is 4.26. The van der Waals surface area contributed by atoms with Crippen LogP contribution < -0.4 is 5.32 Å². The number of hydrogen-bond acceptors (Lipinski definition) is 3. The van der Waals surface area contributed by atoms with E-state index < -0.39 is 0 Å². The van der Waals surface area contributed by atoms with Crippen molar-refractivity contribution in [3.63, 3.8) is 0 Å². The van der Waals surface area contributed by atoms with Crippen molar-refractivity contribution in [1.29, 1.82) is 0 Å². The normalized spacial score (nSPS) is 14.5. The second-order valence-electron chi connectivity index (χ2n) is 5.82. The predicted octanol–water partition coefficient (Wildman–Crippen LogP) is 2.50. The molecular formula is C16H17N5O. The van der Waals surface area contributed by atoms with Gasteiger partial charge in [-0.05, 0) is 37.5 Å². The van der Waals surface area contributed by atoms with Crippen molar-refractivity contribution in [2.45, 2.75) is 25.7 Å². The lowest BCUT2D eigenvalue weighted by molar-refractivity contribution is 0.0965. The van der Waals surface area contributed by atoms with Crippen molar-refractivity contribution < 1.29 is 4.79 Å². The summed E-state index contributed by atoms with van der Waals surface area (Å²) >= 11 is 0. The Morgan fingerprint density at radius 1 is 1.32 bits per heavy atom. The number of rotatable bonds is 3. The van der Waals surface area contributed by atoms with Crippen LogP contribution in [0.25, 0.3) is 22.0 Å². The lowest BCUT2D eigenvalue weighted by atomic mass is 9.97. The highest BCUT2D eigenvalue weighted by Crippen LogP contribution is 2.44. The van der Waals surface area contributed by atoms with Gasteiger partial charge in [0.25, 0.3) is 5.91 Å². The first kappa shape index (κ1) is 13.1. The Bertz CT molecular complexity index is 872. The maximum Gasteiger partial charge on any atom is 0.251 e. The number of benzene rings is 1. The second kappa shape index (κ2) is 4.69. The number of carbonyl (C=O) groups excluding carboxylic acids is 1. The number of H-pyrrole nitrogens is 2. The fraction of sp³-hybridized carbons (Fsp3) is 0.312. The topological polar surface area (TPSA) is 86.5 Å². The molecule has 3 aromatic rings. The van der Waals surface area contributed by atoms with E-state index in [1.54, 1.807) is 13.2 Å². The summed E-state index contributed by atoms with van der Waals surface area (Å²) in [5.74, 6) is 0.434. The fourth-order valence-electron chi connectivity index (χ4n) is 2.98. The number of fused-ring (bicyclic) bond motifs is 1. The third-order valence-electron chi connectivity index (χ3n) is 4.26. The van der Waals surface area contributed by atoms with Crippen LogP contribution in [0.5, 0.6) is 0 Å². The van der Waals surface area contributed by atoms with Crippen molar-refractivity contribution in [2.24, 2.45) is 0 Å². The number of aromatic amines is 2. The number of carbonyl (C=O) groups is 1. The van der Waals surface area contributed by atoms with Gasteiger partial charge in [0.2, 0.25) is 0 Å². The van der Waals surface area contributed by atoms with Gasteiger partial charge in [-0.25, -0.2) is 0 Å². The van der Waals surface area contributed by atoms with Crippen LogP contribution in [0.15, 0.2) is 18.3 Å². The molecule has 0 unspecified atom stereocenters. The summed E-state index contributed by atoms with van der Waals surface area (Å²) in [4.78, 5) is 12.2. The molecule has 1 aliphatic rings. The number of hydrogen-bond donors (Lipinski definition) is 3. The minimum absolute atomic E-state index is 0.109. The molecule has 1 amide bonds. The highest BCUT2D eigenvalue weighted by molar-refractivity contribution is 6.07. The van der Waals surface area contributed by atoms with Crippen LogP contribution in [0.2, 0.25) is 0 Å². The summed E-state index contributed by atoms with van der Waals surface area (Å²) in [6, 6.07) is 3.97. The Kier molecular flexibility index (Phi) is 2.79. The molecule has 6 nitrogen and oxygen atoms in total. The van der Waals surface area contributed by atoms with Gasteiger partial charge in [-0.15, -0.1) is 0 Å². The van der Waals surface area contributed by atoms with E-state index in [9.17, 15) is 4.79 Å². The van der Waals surface area contributed by atoms with E-state index in [4.69, 9.17) is 0 Å². The van der Waals surface area contributed by atoms with E-state index in [1.807, 2.05) is 19.1 Å². The smallest absolute Gasteiger partial charge is 0.251 e. The monoisotopic (exact) mass is 295 g/mol.